The molecular weight excluding hydrogens is 264 g/mol. The van der Waals surface area contributed by atoms with Crippen molar-refractivity contribution in [1.82, 2.24) is 0 Å². The fourth-order valence-electron chi connectivity index (χ4n) is 2.60. The molecule has 0 spiro atoms. The molecule has 0 saturated heterocycles. The van der Waals surface area contributed by atoms with Crippen molar-refractivity contribution < 1.29 is 14.9 Å². The third-order valence-corrected chi connectivity index (χ3v) is 3.97. The fraction of sp³-hybridized carbons (Fsp3) is 0.600. The van der Waals surface area contributed by atoms with Crippen LogP contribution in [0, 0.1) is 0 Å². The quantitative estimate of drug-likeness (QED) is 0.787. The molecule has 0 radical (unpaired) electrons. The van der Waals surface area contributed by atoms with Crippen molar-refractivity contribution >= 4 is 11.6 Å². The Bertz CT molecular complexity index is 402. The molecule has 0 bridgehead atoms. The maximum absolute atomic E-state index is 10.4. The van der Waals surface area contributed by atoms with Crippen molar-refractivity contribution in [3.8, 4) is 0 Å². The van der Waals surface area contributed by atoms with Crippen LogP contribution in [0.4, 0.5) is 0 Å². The Kier molecular flexibility index (Phi) is 5.22. The van der Waals surface area contributed by atoms with Gasteiger partial charge in [0.2, 0.25) is 0 Å². The van der Waals surface area contributed by atoms with Gasteiger partial charge >= 0.3 is 0 Å². The van der Waals surface area contributed by atoms with Crippen LogP contribution in [0.5, 0.6) is 0 Å². The fourth-order valence-corrected chi connectivity index (χ4v) is 2.86. The number of aliphatic hydroxyl groups is 2. The maximum atomic E-state index is 10.4. The van der Waals surface area contributed by atoms with Crippen LogP contribution in [0.2, 0.25) is 5.02 Å². The van der Waals surface area contributed by atoms with E-state index in [1.165, 1.54) is 0 Å². The first kappa shape index (κ1) is 14.8. The summed E-state index contributed by atoms with van der Waals surface area (Å²) in [5.41, 5.74) is 0.887. The van der Waals surface area contributed by atoms with Crippen LogP contribution < -0.4 is 0 Å². The molecule has 1 aliphatic rings. The Morgan fingerprint density at radius 3 is 2.58 bits per heavy atom. The molecule has 0 heterocycles. The van der Waals surface area contributed by atoms with Crippen molar-refractivity contribution in [3.05, 3.63) is 34.9 Å². The van der Waals surface area contributed by atoms with Gasteiger partial charge in [-0.25, -0.2) is 0 Å². The predicted molar refractivity (Wildman–Crippen MR) is 75.0 cm³/mol. The van der Waals surface area contributed by atoms with E-state index in [9.17, 15) is 5.11 Å². The highest BCUT2D eigenvalue weighted by molar-refractivity contribution is 6.31. The van der Waals surface area contributed by atoms with Crippen LogP contribution >= 0.6 is 11.6 Å². The summed E-state index contributed by atoms with van der Waals surface area (Å²) in [5, 5.41) is 20.0. The molecule has 1 atom stereocenters. The van der Waals surface area contributed by atoms with Crippen molar-refractivity contribution in [3.63, 3.8) is 0 Å². The van der Waals surface area contributed by atoms with Crippen molar-refractivity contribution in [1.29, 1.82) is 0 Å². The summed E-state index contributed by atoms with van der Waals surface area (Å²) in [6, 6.07) is 7.53. The second-order valence-corrected chi connectivity index (χ2v) is 5.55. The number of benzene rings is 1. The van der Waals surface area contributed by atoms with Crippen molar-refractivity contribution in [2.75, 3.05) is 6.61 Å². The standard InChI is InChI=1S/C15H21ClO3/c16-13-7-2-1-6-12(13)14(8-5-11-17)19-15(18)9-3-4-10-15/h1-2,6-7,14,17-18H,3-5,8-11H2/t14-/m1/s1. The van der Waals surface area contributed by atoms with Crippen molar-refractivity contribution in [2.24, 2.45) is 0 Å². The Hall–Kier alpha value is -0.610. The number of hydrogen-bond acceptors (Lipinski definition) is 3. The molecule has 0 unspecified atom stereocenters. The summed E-state index contributed by atoms with van der Waals surface area (Å²) in [5.74, 6) is -1.03. The van der Waals surface area contributed by atoms with Gasteiger partial charge in [-0.05, 0) is 37.3 Å². The maximum Gasteiger partial charge on any atom is 0.166 e. The minimum atomic E-state index is -1.03. The monoisotopic (exact) mass is 284 g/mol. The molecule has 1 aromatic rings. The first-order chi connectivity index (χ1) is 9.14. The molecule has 2 rings (SSSR count). The molecule has 0 aliphatic heterocycles. The number of aliphatic hydroxyl groups excluding tert-OH is 1. The van der Waals surface area contributed by atoms with E-state index in [4.69, 9.17) is 21.4 Å². The summed E-state index contributed by atoms with van der Waals surface area (Å²) in [6.45, 7) is 0.114. The van der Waals surface area contributed by atoms with E-state index >= 15 is 0 Å². The third-order valence-electron chi connectivity index (χ3n) is 3.62. The minimum Gasteiger partial charge on any atom is -0.396 e. The predicted octanol–water partition coefficient (Wildman–Crippen LogP) is 3.43. The smallest absolute Gasteiger partial charge is 0.166 e. The Morgan fingerprint density at radius 2 is 1.95 bits per heavy atom. The molecule has 1 fully saturated rings. The zero-order valence-corrected chi connectivity index (χ0v) is 11.8. The zero-order valence-electron chi connectivity index (χ0n) is 11.0. The lowest BCUT2D eigenvalue weighted by molar-refractivity contribution is -0.228. The molecular formula is C15H21ClO3. The molecule has 1 aliphatic carbocycles. The summed E-state index contributed by atoms with van der Waals surface area (Å²) in [6.07, 6.45) is 4.36. The van der Waals surface area contributed by atoms with Gasteiger partial charge in [0.05, 0.1) is 6.10 Å². The second-order valence-electron chi connectivity index (χ2n) is 5.15. The van der Waals surface area contributed by atoms with Crippen molar-refractivity contribution in [2.45, 2.75) is 50.4 Å². The van der Waals surface area contributed by atoms with Gasteiger partial charge in [-0.1, -0.05) is 29.8 Å². The lowest BCUT2D eigenvalue weighted by Gasteiger charge is -2.30. The summed E-state index contributed by atoms with van der Waals surface area (Å²) >= 11 is 6.20. The second kappa shape index (κ2) is 6.71. The van der Waals surface area contributed by atoms with E-state index in [1.54, 1.807) is 0 Å². The Labute approximate surface area is 119 Å². The van der Waals surface area contributed by atoms with E-state index in [2.05, 4.69) is 0 Å². The number of ether oxygens (including phenoxy) is 1. The molecule has 0 amide bonds. The normalized spacial score (nSPS) is 19.5. The Balaban J connectivity index is 2.13. The van der Waals surface area contributed by atoms with Gasteiger partial charge in [0, 0.05) is 24.5 Å². The first-order valence-corrected chi connectivity index (χ1v) is 7.28. The SMILES string of the molecule is OCCC[C@@H](OC1(O)CCCC1)c1ccccc1Cl. The summed E-state index contributed by atoms with van der Waals surface area (Å²) < 4.78 is 5.93. The molecule has 4 heteroatoms. The van der Waals surface area contributed by atoms with Crippen LogP contribution in [0.25, 0.3) is 0 Å². The van der Waals surface area contributed by atoms with Gasteiger partial charge in [-0.3, -0.25) is 0 Å². The van der Waals surface area contributed by atoms with Crippen LogP contribution in [-0.2, 0) is 4.74 Å². The van der Waals surface area contributed by atoms with Gasteiger partial charge in [0.15, 0.2) is 5.79 Å². The van der Waals surface area contributed by atoms with E-state index in [0.29, 0.717) is 30.7 Å². The molecule has 2 N–H and O–H groups in total. The molecule has 0 aromatic heterocycles. The molecule has 3 nitrogen and oxygen atoms in total. The van der Waals surface area contributed by atoms with E-state index in [0.717, 1.165) is 18.4 Å². The average Bonchev–Trinajstić information content (AvgIpc) is 2.82. The van der Waals surface area contributed by atoms with Gasteiger partial charge in [0.1, 0.15) is 0 Å². The van der Waals surface area contributed by atoms with E-state index < -0.39 is 5.79 Å². The highest BCUT2D eigenvalue weighted by Gasteiger charge is 2.35. The van der Waals surface area contributed by atoms with E-state index in [1.807, 2.05) is 24.3 Å². The van der Waals surface area contributed by atoms with Crippen LogP contribution in [0.3, 0.4) is 0 Å². The number of hydrogen-bond donors (Lipinski definition) is 2. The molecule has 1 saturated carbocycles. The molecule has 106 valence electrons. The highest BCUT2D eigenvalue weighted by Crippen LogP contribution is 2.38. The highest BCUT2D eigenvalue weighted by atomic mass is 35.5. The zero-order chi connectivity index (χ0) is 13.7. The lowest BCUT2D eigenvalue weighted by Crippen LogP contribution is -2.30. The minimum absolute atomic E-state index is 0.114. The average molecular weight is 285 g/mol. The van der Waals surface area contributed by atoms with Gasteiger partial charge in [0.25, 0.3) is 0 Å². The summed E-state index contributed by atoms with van der Waals surface area (Å²) in [7, 11) is 0. The molecule has 1 aromatic carbocycles. The third kappa shape index (κ3) is 3.93. The Morgan fingerprint density at radius 1 is 1.26 bits per heavy atom. The first-order valence-electron chi connectivity index (χ1n) is 6.90. The lowest BCUT2D eigenvalue weighted by atomic mass is 10.0. The van der Waals surface area contributed by atoms with E-state index in [-0.39, 0.29) is 12.7 Å². The van der Waals surface area contributed by atoms with Gasteiger partial charge in [-0.15, -0.1) is 0 Å². The largest absolute Gasteiger partial charge is 0.396 e. The van der Waals surface area contributed by atoms with Gasteiger partial charge in [-0.2, -0.15) is 0 Å². The molecule has 19 heavy (non-hydrogen) atoms. The summed E-state index contributed by atoms with van der Waals surface area (Å²) in [4.78, 5) is 0. The number of rotatable bonds is 6. The van der Waals surface area contributed by atoms with Gasteiger partial charge < -0.3 is 14.9 Å². The van der Waals surface area contributed by atoms with Crippen LogP contribution in [0.1, 0.15) is 50.2 Å². The topological polar surface area (TPSA) is 49.7 Å². The van der Waals surface area contributed by atoms with Crippen LogP contribution in [0.15, 0.2) is 24.3 Å². The number of halogens is 1. The van der Waals surface area contributed by atoms with Crippen LogP contribution in [-0.4, -0.2) is 22.6 Å².